The van der Waals surface area contributed by atoms with Gasteiger partial charge in [-0.2, -0.15) is 11.8 Å². The highest BCUT2D eigenvalue weighted by Crippen LogP contribution is 2.33. The molecule has 7 heteroatoms. The van der Waals surface area contributed by atoms with Crippen LogP contribution in [0.5, 0.6) is 0 Å². The monoisotopic (exact) mass is 400 g/mol. The fourth-order valence-electron chi connectivity index (χ4n) is 4.92. The molecule has 1 aliphatic carbocycles. The average Bonchev–Trinajstić information content (AvgIpc) is 3.52. The predicted molar refractivity (Wildman–Crippen MR) is 114 cm³/mol. The van der Waals surface area contributed by atoms with Crippen molar-refractivity contribution in [2.45, 2.75) is 44.2 Å². The fraction of sp³-hybridized carbons (Fsp3) is 0.810. The van der Waals surface area contributed by atoms with Crippen LogP contribution >= 0.6 is 11.8 Å². The highest BCUT2D eigenvalue weighted by molar-refractivity contribution is 7.99. The molecule has 0 spiro atoms. The number of likely N-dealkylation sites (tertiary alicyclic amines) is 1. The second-order valence-electron chi connectivity index (χ2n) is 8.38. The molecule has 3 saturated heterocycles. The molecule has 152 valence electrons. The summed E-state index contributed by atoms with van der Waals surface area (Å²) >= 11 is 2.05. The third kappa shape index (κ3) is 4.59. The van der Waals surface area contributed by atoms with Crippen molar-refractivity contribution in [3.05, 3.63) is 22.9 Å². The van der Waals surface area contributed by atoms with Crippen molar-refractivity contribution in [1.29, 1.82) is 5.26 Å². The lowest BCUT2D eigenvalue weighted by molar-refractivity contribution is 0.133. The van der Waals surface area contributed by atoms with Crippen LogP contribution in [0.4, 0.5) is 0 Å². The Morgan fingerprint density at radius 1 is 1.00 bits per heavy atom. The molecule has 0 amide bonds. The maximum Gasteiger partial charge on any atom is 0.300 e. The summed E-state index contributed by atoms with van der Waals surface area (Å²) in [5, 5.41) is 9.58. The highest BCUT2D eigenvalue weighted by Gasteiger charge is 2.37. The van der Waals surface area contributed by atoms with E-state index in [1.807, 2.05) is 0 Å². The van der Waals surface area contributed by atoms with Crippen LogP contribution < -0.4 is 0 Å². The second kappa shape index (κ2) is 9.39. The molecule has 0 aromatic heterocycles. The summed E-state index contributed by atoms with van der Waals surface area (Å²) < 4.78 is 0. The zero-order valence-corrected chi connectivity index (χ0v) is 17.7. The number of nitriles is 1. The fourth-order valence-corrected chi connectivity index (χ4v) is 5.90. The number of thioether (sulfide) groups is 1. The Morgan fingerprint density at radius 2 is 1.75 bits per heavy atom. The predicted octanol–water partition coefficient (Wildman–Crippen LogP) is 2.28. The molecule has 0 aromatic carbocycles. The van der Waals surface area contributed by atoms with Crippen molar-refractivity contribution in [3.8, 4) is 6.07 Å². The van der Waals surface area contributed by atoms with Crippen molar-refractivity contribution < 1.29 is 0 Å². The molecule has 28 heavy (non-hydrogen) atoms. The van der Waals surface area contributed by atoms with Crippen LogP contribution in [0.1, 0.15) is 32.1 Å². The Labute approximate surface area is 173 Å². The topological polar surface area (TPSA) is 41.1 Å². The summed E-state index contributed by atoms with van der Waals surface area (Å²) in [4.78, 5) is 13.5. The van der Waals surface area contributed by atoms with E-state index in [4.69, 9.17) is 6.57 Å². The molecule has 0 radical (unpaired) electrons. The minimum atomic E-state index is 0.288. The van der Waals surface area contributed by atoms with Gasteiger partial charge in [0, 0.05) is 69.4 Å². The molecule has 0 unspecified atom stereocenters. The zero-order valence-electron chi connectivity index (χ0n) is 16.9. The van der Waals surface area contributed by atoms with E-state index < -0.39 is 0 Å². The van der Waals surface area contributed by atoms with Crippen LogP contribution in [0.3, 0.4) is 0 Å². The second-order valence-corrected chi connectivity index (χ2v) is 9.61. The van der Waals surface area contributed by atoms with E-state index in [9.17, 15) is 5.26 Å². The van der Waals surface area contributed by atoms with Gasteiger partial charge >= 0.3 is 5.70 Å². The van der Waals surface area contributed by atoms with Crippen molar-refractivity contribution in [3.63, 3.8) is 0 Å². The summed E-state index contributed by atoms with van der Waals surface area (Å²) in [5.74, 6) is 3.42. The van der Waals surface area contributed by atoms with Crippen LogP contribution in [0.15, 0.2) is 11.5 Å². The Hall–Kier alpha value is -1.41. The van der Waals surface area contributed by atoms with E-state index in [0.29, 0.717) is 6.04 Å². The quantitative estimate of drug-likeness (QED) is 0.503. The lowest BCUT2D eigenvalue weighted by Crippen LogP contribution is -2.44. The van der Waals surface area contributed by atoms with Gasteiger partial charge in [0.25, 0.3) is 0 Å². The Morgan fingerprint density at radius 3 is 2.39 bits per heavy atom. The van der Waals surface area contributed by atoms with Crippen LogP contribution in [0.25, 0.3) is 4.85 Å². The molecule has 4 aliphatic rings. The number of allylic oxidation sites excluding steroid dienone is 1. The highest BCUT2D eigenvalue weighted by atomic mass is 32.2. The third-order valence-corrected chi connectivity index (χ3v) is 7.56. The van der Waals surface area contributed by atoms with Gasteiger partial charge in [-0.3, -0.25) is 0 Å². The van der Waals surface area contributed by atoms with Crippen LogP contribution in [0, 0.1) is 17.9 Å². The largest absolute Gasteiger partial charge is 0.365 e. The molecular formula is C21H32N6S. The number of hydrogen-bond acceptors (Lipinski definition) is 6. The van der Waals surface area contributed by atoms with Crippen molar-refractivity contribution in [2.75, 3.05) is 63.9 Å². The minimum absolute atomic E-state index is 0.288. The first kappa shape index (κ1) is 19.9. The molecule has 3 heterocycles. The smallest absolute Gasteiger partial charge is 0.300 e. The van der Waals surface area contributed by atoms with Crippen molar-refractivity contribution >= 4 is 11.8 Å². The van der Waals surface area contributed by atoms with Gasteiger partial charge in [0.1, 0.15) is 5.82 Å². The van der Waals surface area contributed by atoms with Crippen molar-refractivity contribution in [1.82, 2.24) is 19.6 Å². The summed E-state index contributed by atoms with van der Waals surface area (Å²) in [7, 11) is 0. The molecule has 0 atom stereocenters. The van der Waals surface area contributed by atoms with Gasteiger partial charge in [-0.15, -0.1) is 0 Å². The van der Waals surface area contributed by atoms with Crippen LogP contribution in [0.2, 0.25) is 0 Å². The van der Waals surface area contributed by atoms with Gasteiger partial charge in [0.2, 0.25) is 0 Å². The van der Waals surface area contributed by atoms with Gasteiger partial charge in [0.05, 0.1) is 12.6 Å². The first-order valence-corrected chi connectivity index (χ1v) is 12.0. The van der Waals surface area contributed by atoms with Gasteiger partial charge in [-0.25, -0.2) is 10.1 Å². The lowest BCUT2D eigenvalue weighted by Gasteiger charge is -2.39. The van der Waals surface area contributed by atoms with E-state index in [-0.39, 0.29) is 5.70 Å². The molecule has 4 fully saturated rings. The average molecular weight is 401 g/mol. The van der Waals surface area contributed by atoms with Crippen LogP contribution in [-0.4, -0.2) is 95.5 Å². The molecular weight excluding hydrogens is 368 g/mol. The van der Waals surface area contributed by atoms with Gasteiger partial charge in [-0.1, -0.05) is 0 Å². The zero-order chi connectivity index (χ0) is 19.3. The summed E-state index contributed by atoms with van der Waals surface area (Å²) in [5.41, 5.74) is 0.288. The first-order chi connectivity index (χ1) is 13.8. The van der Waals surface area contributed by atoms with E-state index in [1.165, 1.54) is 50.5 Å². The van der Waals surface area contributed by atoms with E-state index in [0.717, 1.165) is 57.3 Å². The molecule has 6 nitrogen and oxygen atoms in total. The summed E-state index contributed by atoms with van der Waals surface area (Å²) in [6.07, 6.45) is 6.18. The van der Waals surface area contributed by atoms with E-state index in [2.05, 4.69) is 42.3 Å². The number of piperidine rings is 1. The van der Waals surface area contributed by atoms with Gasteiger partial charge in [-0.05, 0) is 38.6 Å². The number of hydrogen-bond donors (Lipinski definition) is 0. The van der Waals surface area contributed by atoms with E-state index in [1.54, 1.807) is 0 Å². The first-order valence-electron chi connectivity index (χ1n) is 10.9. The summed E-state index contributed by atoms with van der Waals surface area (Å²) in [6, 6.07) is 3.52. The van der Waals surface area contributed by atoms with Gasteiger partial charge < -0.3 is 19.6 Å². The van der Waals surface area contributed by atoms with Gasteiger partial charge in [0.15, 0.2) is 0 Å². The normalized spacial score (nSPS) is 26.9. The Balaban J connectivity index is 1.36. The van der Waals surface area contributed by atoms with E-state index >= 15 is 0 Å². The summed E-state index contributed by atoms with van der Waals surface area (Å²) in [6.45, 7) is 16.3. The third-order valence-electron chi connectivity index (χ3n) is 6.62. The minimum Gasteiger partial charge on any atom is -0.365 e. The maximum atomic E-state index is 9.58. The SMILES string of the molecule is [C-]#[N+]/C(C#N)=C1\N(CCCN2CCSCC2)CCN1C1CCN(C2CC2)CC1. The molecule has 0 bridgehead atoms. The molecule has 0 aromatic rings. The van der Waals surface area contributed by atoms with Crippen LogP contribution in [-0.2, 0) is 0 Å². The number of rotatable bonds is 6. The Kier molecular flexibility index (Phi) is 6.67. The standard InChI is InChI=1S/C21H32N6S/c1-23-20(17-22)21-26(8-2-7-24-13-15-28-16-14-24)11-12-27(21)19-5-9-25(10-6-19)18-3-4-18/h18-19H,2-16H2/b21-20+. The molecule has 4 rings (SSSR count). The maximum absolute atomic E-state index is 9.58. The molecule has 0 N–H and O–H groups in total. The lowest BCUT2D eigenvalue weighted by atomic mass is 10.0. The van der Waals surface area contributed by atoms with Crippen molar-refractivity contribution in [2.24, 2.45) is 0 Å². The molecule has 1 saturated carbocycles. The molecule has 3 aliphatic heterocycles. The number of nitrogens with zero attached hydrogens (tertiary/aromatic N) is 6. The Bertz CT molecular complexity index is 631.